The van der Waals surface area contributed by atoms with Gasteiger partial charge < -0.3 is 5.32 Å². The normalized spacial score (nSPS) is 10.8. The molecule has 21 heavy (non-hydrogen) atoms. The third kappa shape index (κ3) is 3.03. The van der Waals surface area contributed by atoms with Gasteiger partial charge in [-0.3, -0.25) is 9.89 Å². The number of nitrogens with zero attached hydrogens (tertiary/aromatic N) is 2. The zero-order valence-electron chi connectivity index (χ0n) is 11.4. The van der Waals surface area contributed by atoms with E-state index < -0.39 is 0 Å². The van der Waals surface area contributed by atoms with Crippen molar-refractivity contribution in [2.45, 2.75) is 13.3 Å². The molecule has 0 spiro atoms. The van der Waals surface area contributed by atoms with E-state index in [1.807, 2.05) is 25.1 Å². The predicted molar refractivity (Wildman–Crippen MR) is 82.4 cm³/mol. The number of benzene rings is 1. The minimum absolute atomic E-state index is 0.112. The first-order valence-corrected chi connectivity index (χ1v) is 6.84. The number of amides is 1. The summed E-state index contributed by atoms with van der Waals surface area (Å²) < 4.78 is 0. The second-order valence-electron chi connectivity index (χ2n) is 4.80. The molecule has 0 aliphatic rings. The van der Waals surface area contributed by atoms with Crippen LogP contribution in [0.2, 0.25) is 5.02 Å². The van der Waals surface area contributed by atoms with Crippen molar-refractivity contribution in [3.63, 3.8) is 0 Å². The number of nitrogens with one attached hydrogen (secondary N) is 2. The van der Waals surface area contributed by atoms with E-state index in [-0.39, 0.29) is 12.3 Å². The van der Waals surface area contributed by atoms with Crippen molar-refractivity contribution >= 4 is 34.2 Å². The van der Waals surface area contributed by atoms with E-state index >= 15 is 0 Å². The van der Waals surface area contributed by atoms with Crippen molar-refractivity contribution in [1.82, 2.24) is 15.2 Å². The molecule has 0 bridgehead atoms. The number of hydrogen-bond acceptors (Lipinski definition) is 3. The lowest BCUT2D eigenvalue weighted by Gasteiger charge is -2.05. The Kier molecular flexibility index (Phi) is 3.58. The predicted octanol–water partition coefficient (Wildman–Crippen LogP) is 3.10. The number of carbonyl (C=O) groups excluding carboxylic acids is 1. The summed E-state index contributed by atoms with van der Waals surface area (Å²) in [4.78, 5) is 16.2. The summed E-state index contributed by atoms with van der Waals surface area (Å²) in [6.07, 6.45) is 1.86. The van der Waals surface area contributed by atoms with E-state index in [9.17, 15) is 4.79 Å². The van der Waals surface area contributed by atoms with E-state index in [2.05, 4.69) is 20.5 Å². The zero-order valence-corrected chi connectivity index (χ0v) is 12.1. The van der Waals surface area contributed by atoms with Gasteiger partial charge in [-0.2, -0.15) is 5.10 Å². The van der Waals surface area contributed by atoms with E-state index in [0.717, 1.165) is 16.6 Å². The molecule has 0 saturated carbocycles. The van der Waals surface area contributed by atoms with Gasteiger partial charge >= 0.3 is 0 Å². The summed E-state index contributed by atoms with van der Waals surface area (Å²) in [5.41, 5.74) is 3.08. The van der Waals surface area contributed by atoms with Gasteiger partial charge in [-0.25, -0.2) is 4.98 Å². The van der Waals surface area contributed by atoms with Crippen LogP contribution < -0.4 is 5.32 Å². The van der Waals surface area contributed by atoms with Crippen LogP contribution in [0.1, 0.15) is 11.3 Å². The summed E-state index contributed by atoms with van der Waals surface area (Å²) in [7, 11) is 0. The molecule has 6 heteroatoms. The molecule has 106 valence electrons. The highest BCUT2D eigenvalue weighted by atomic mass is 35.5. The molecule has 1 aromatic carbocycles. The number of aromatic amines is 1. The second-order valence-corrected chi connectivity index (χ2v) is 5.24. The molecular weight excluding hydrogens is 288 g/mol. The fourth-order valence-electron chi connectivity index (χ4n) is 2.13. The van der Waals surface area contributed by atoms with Crippen LogP contribution in [0, 0.1) is 6.92 Å². The molecular formula is C15H13ClN4O. The van der Waals surface area contributed by atoms with Crippen molar-refractivity contribution in [3.05, 3.63) is 52.8 Å². The van der Waals surface area contributed by atoms with E-state index in [4.69, 9.17) is 11.6 Å². The first kappa shape index (κ1) is 13.6. The maximum atomic E-state index is 12.0. The van der Waals surface area contributed by atoms with Gasteiger partial charge in [0.05, 0.1) is 18.3 Å². The Morgan fingerprint density at radius 3 is 3.05 bits per heavy atom. The largest absolute Gasteiger partial charge is 0.324 e. The number of aromatic nitrogens is 3. The van der Waals surface area contributed by atoms with Crippen molar-refractivity contribution in [1.29, 1.82) is 0 Å². The number of halogens is 1. The molecule has 0 unspecified atom stereocenters. The van der Waals surface area contributed by atoms with Gasteiger partial charge in [0, 0.05) is 16.1 Å². The Balaban J connectivity index is 1.75. The Hall–Kier alpha value is -2.40. The van der Waals surface area contributed by atoms with Crippen LogP contribution in [0.15, 0.2) is 36.5 Å². The Labute approximate surface area is 126 Å². The van der Waals surface area contributed by atoms with E-state index in [0.29, 0.717) is 16.4 Å². The topological polar surface area (TPSA) is 70.7 Å². The molecule has 0 radical (unpaired) electrons. The molecule has 3 aromatic rings. The fourth-order valence-corrected chi connectivity index (χ4v) is 2.34. The molecule has 5 nitrogen and oxygen atoms in total. The van der Waals surface area contributed by atoms with Crippen LogP contribution in [0.4, 0.5) is 5.69 Å². The van der Waals surface area contributed by atoms with Crippen LogP contribution in [0.25, 0.3) is 11.0 Å². The monoisotopic (exact) mass is 300 g/mol. The summed E-state index contributed by atoms with van der Waals surface area (Å²) >= 11 is 5.91. The number of rotatable bonds is 3. The van der Waals surface area contributed by atoms with Gasteiger partial charge in [-0.15, -0.1) is 0 Å². The van der Waals surface area contributed by atoms with Gasteiger partial charge in [-0.1, -0.05) is 23.7 Å². The van der Waals surface area contributed by atoms with E-state index in [1.54, 1.807) is 18.3 Å². The number of pyridine rings is 1. The lowest BCUT2D eigenvalue weighted by molar-refractivity contribution is -0.115. The lowest BCUT2D eigenvalue weighted by Crippen LogP contribution is -2.14. The highest BCUT2D eigenvalue weighted by Gasteiger charge is 2.08. The van der Waals surface area contributed by atoms with Crippen molar-refractivity contribution < 1.29 is 4.79 Å². The molecule has 1 amide bonds. The van der Waals surface area contributed by atoms with Gasteiger partial charge in [-0.05, 0) is 30.7 Å². The third-order valence-corrected chi connectivity index (χ3v) is 3.37. The molecule has 0 aliphatic heterocycles. The number of H-pyrrole nitrogens is 1. The second kappa shape index (κ2) is 5.54. The Morgan fingerprint density at radius 2 is 2.24 bits per heavy atom. The molecule has 0 saturated heterocycles. The van der Waals surface area contributed by atoms with Crippen LogP contribution in [-0.2, 0) is 11.2 Å². The average molecular weight is 301 g/mol. The highest BCUT2D eigenvalue weighted by molar-refractivity contribution is 6.30. The minimum Gasteiger partial charge on any atom is -0.324 e. The molecule has 0 aliphatic carbocycles. The smallest absolute Gasteiger partial charge is 0.228 e. The number of hydrogen-bond donors (Lipinski definition) is 2. The SMILES string of the molecule is Cc1[nH]nc2ncc(NC(=O)Cc3cccc(Cl)c3)cc12. The summed E-state index contributed by atoms with van der Waals surface area (Å²) in [6, 6.07) is 9.11. The maximum absolute atomic E-state index is 12.0. The summed E-state index contributed by atoms with van der Waals surface area (Å²) in [6.45, 7) is 1.91. The maximum Gasteiger partial charge on any atom is 0.228 e. The summed E-state index contributed by atoms with van der Waals surface area (Å²) in [5, 5.41) is 11.3. The molecule has 2 aromatic heterocycles. The Morgan fingerprint density at radius 1 is 1.38 bits per heavy atom. The highest BCUT2D eigenvalue weighted by Crippen LogP contribution is 2.18. The Bertz CT molecular complexity index is 812. The van der Waals surface area contributed by atoms with Crippen molar-refractivity contribution in [2.75, 3.05) is 5.32 Å². The zero-order chi connectivity index (χ0) is 14.8. The molecule has 3 rings (SSSR count). The van der Waals surface area contributed by atoms with Gasteiger partial charge in [0.15, 0.2) is 5.65 Å². The van der Waals surface area contributed by atoms with Gasteiger partial charge in [0.25, 0.3) is 0 Å². The molecule has 0 atom stereocenters. The lowest BCUT2D eigenvalue weighted by atomic mass is 10.1. The van der Waals surface area contributed by atoms with Gasteiger partial charge in [0.1, 0.15) is 0 Å². The number of fused-ring (bicyclic) bond motifs is 1. The van der Waals surface area contributed by atoms with Crippen LogP contribution >= 0.6 is 11.6 Å². The first-order chi connectivity index (χ1) is 10.1. The quantitative estimate of drug-likeness (QED) is 0.781. The standard InChI is InChI=1S/C15H13ClN4O/c1-9-13-7-12(8-17-15(13)20-19-9)18-14(21)6-10-3-2-4-11(16)5-10/h2-5,7-8H,6H2,1H3,(H,18,21)(H,17,19,20). The molecule has 2 heterocycles. The van der Waals surface area contributed by atoms with Crippen LogP contribution in [-0.4, -0.2) is 21.1 Å². The third-order valence-electron chi connectivity index (χ3n) is 3.14. The first-order valence-electron chi connectivity index (χ1n) is 6.47. The number of anilines is 1. The molecule has 0 fully saturated rings. The fraction of sp³-hybridized carbons (Fsp3) is 0.133. The number of aryl methyl sites for hydroxylation is 1. The van der Waals surface area contributed by atoms with Crippen molar-refractivity contribution in [3.8, 4) is 0 Å². The van der Waals surface area contributed by atoms with Crippen LogP contribution in [0.5, 0.6) is 0 Å². The molecule has 2 N–H and O–H groups in total. The van der Waals surface area contributed by atoms with Crippen molar-refractivity contribution in [2.24, 2.45) is 0 Å². The van der Waals surface area contributed by atoms with E-state index in [1.165, 1.54) is 0 Å². The van der Waals surface area contributed by atoms with Crippen LogP contribution in [0.3, 0.4) is 0 Å². The number of carbonyl (C=O) groups is 1. The van der Waals surface area contributed by atoms with Gasteiger partial charge in [0.2, 0.25) is 5.91 Å². The minimum atomic E-state index is -0.112. The summed E-state index contributed by atoms with van der Waals surface area (Å²) in [5.74, 6) is -0.112. The average Bonchev–Trinajstić information content (AvgIpc) is 2.80.